The number of para-hydroxylation sites is 1. The molecular weight excluding hydrogens is 831 g/mol. The predicted octanol–water partition coefficient (Wildman–Crippen LogP) is 19.5. The molecule has 12 aromatic rings. The zero-order chi connectivity index (χ0) is 46.4. The molecule has 1 aliphatic rings. The molecule has 13 rings (SSSR count). The number of rotatable bonds is 9. The Bertz CT molecular complexity index is 3860. The van der Waals surface area contributed by atoms with Gasteiger partial charge in [0.15, 0.2) is 0 Å². The largest absolute Gasteiger partial charge is 0.334 e. The van der Waals surface area contributed by atoms with E-state index in [1.165, 1.54) is 126 Å². The van der Waals surface area contributed by atoms with Gasteiger partial charge in [-0.25, -0.2) is 0 Å². The lowest BCUT2D eigenvalue weighted by Crippen LogP contribution is -2.52. The van der Waals surface area contributed by atoms with E-state index in [2.05, 4.69) is 245 Å². The first-order valence-electron chi connectivity index (χ1n) is 25.1. The zero-order valence-corrected chi connectivity index (χ0v) is 40.0. The summed E-state index contributed by atoms with van der Waals surface area (Å²) in [6, 6.07) is 80.5. The Morgan fingerprint density at radius 1 is 0.348 bits per heavy atom. The number of anilines is 2. The summed E-state index contributed by atoms with van der Waals surface area (Å²) in [4.78, 5) is 2.69. The average Bonchev–Trinajstić information content (AvgIpc) is 3.58. The molecule has 0 radical (unpaired) electrons. The van der Waals surface area contributed by atoms with Crippen molar-refractivity contribution in [1.29, 1.82) is 0 Å². The fourth-order valence-corrected chi connectivity index (χ4v) is 13.2. The number of nitrogens with zero attached hydrogens (tertiary/aromatic N) is 1. The molecule has 1 heterocycles. The van der Waals surface area contributed by atoms with Crippen LogP contribution in [0.3, 0.4) is 0 Å². The first kappa shape index (κ1) is 41.4. The Kier molecular flexibility index (Phi) is 9.57. The summed E-state index contributed by atoms with van der Waals surface area (Å²) in [5, 5.41) is 15.3. The van der Waals surface area contributed by atoms with Gasteiger partial charge < -0.3 is 4.90 Å². The van der Waals surface area contributed by atoms with Crippen molar-refractivity contribution in [2.45, 2.75) is 64.3 Å². The number of benzene rings is 12. The number of hydrogen-bond donors (Lipinski definition) is 0. The first-order valence-corrected chi connectivity index (χ1v) is 25.1. The highest BCUT2D eigenvalue weighted by Gasteiger charge is 2.55. The quantitative estimate of drug-likeness (QED) is 0.131. The Labute approximate surface area is 405 Å². The molecule has 0 spiro atoms. The highest BCUT2D eigenvalue weighted by molar-refractivity contribution is 6.33. The summed E-state index contributed by atoms with van der Waals surface area (Å²) in [6.07, 6.45) is 4.44. The van der Waals surface area contributed by atoms with Crippen molar-refractivity contribution in [3.63, 3.8) is 0 Å². The maximum absolute atomic E-state index is 2.69. The van der Waals surface area contributed by atoms with Crippen LogP contribution in [0.2, 0.25) is 0 Å². The molecule has 0 saturated heterocycles. The summed E-state index contributed by atoms with van der Waals surface area (Å²) in [6.45, 7) is 9.82. The lowest BCUT2D eigenvalue weighted by molar-refractivity contribution is 0.241. The van der Waals surface area contributed by atoms with Crippen molar-refractivity contribution in [2.24, 2.45) is 0 Å². The first-order chi connectivity index (χ1) is 33.9. The SMILES string of the molecule is CCCC1(C)c2cc(-c3cc(-c4cccc5ccccc45)c4ccc5c(-c6cccc7ccccc67)cc(-c6cccc7ccccc67)c6ccc3c4c65)ccc2N(c2ccccc2)C1(C)CCC. The Balaban J connectivity index is 1.17. The number of hydrogen-bond acceptors (Lipinski definition) is 1. The summed E-state index contributed by atoms with van der Waals surface area (Å²) >= 11 is 0. The van der Waals surface area contributed by atoms with Gasteiger partial charge >= 0.3 is 0 Å². The van der Waals surface area contributed by atoms with Crippen LogP contribution in [0.15, 0.2) is 212 Å². The van der Waals surface area contributed by atoms with Gasteiger partial charge in [0.1, 0.15) is 0 Å². The molecular formula is C68H55N. The molecule has 0 amide bonds. The molecule has 0 saturated carbocycles. The van der Waals surface area contributed by atoms with Crippen LogP contribution >= 0.6 is 0 Å². The van der Waals surface area contributed by atoms with Crippen molar-refractivity contribution >= 4 is 76.0 Å². The standard InChI is InChI=1S/C68H55N/c1-5-39-67(3)63-41-47(33-38-64(63)69(68(67,4)40-6-2)48-25-8-7-9-26-48)59-42-60(52-30-16-22-44-19-10-13-27-49(44)52)56-36-37-58-62(54-32-18-24-46-21-12-15-29-51(46)54)43-61(57-35-34-55(59)65(56)66(57)58)53-31-17-23-45-20-11-14-28-50(45)53/h7-38,41-43H,5-6,39-40H2,1-4H3. The van der Waals surface area contributed by atoms with E-state index in [9.17, 15) is 0 Å². The molecule has 0 aliphatic carbocycles. The van der Waals surface area contributed by atoms with Gasteiger partial charge in [0, 0.05) is 16.8 Å². The van der Waals surface area contributed by atoms with Gasteiger partial charge in [0.05, 0.1) is 5.54 Å². The van der Waals surface area contributed by atoms with Gasteiger partial charge in [0.2, 0.25) is 0 Å². The van der Waals surface area contributed by atoms with Crippen LogP contribution in [0.5, 0.6) is 0 Å². The Morgan fingerprint density at radius 2 is 0.768 bits per heavy atom. The van der Waals surface area contributed by atoms with Gasteiger partial charge in [-0.2, -0.15) is 0 Å². The van der Waals surface area contributed by atoms with Gasteiger partial charge in [-0.15, -0.1) is 0 Å². The molecule has 12 aromatic carbocycles. The van der Waals surface area contributed by atoms with E-state index in [-0.39, 0.29) is 11.0 Å². The Morgan fingerprint density at radius 3 is 1.25 bits per heavy atom. The minimum absolute atomic E-state index is 0.0814. The fourth-order valence-electron chi connectivity index (χ4n) is 13.2. The topological polar surface area (TPSA) is 3.24 Å². The fraction of sp³-hybridized carbons (Fsp3) is 0.147. The minimum atomic E-state index is -0.104. The van der Waals surface area contributed by atoms with E-state index in [1.807, 2.05) is 0 Å². The van der Waals surface area contributed by atoms with Crippen molar-refractivity contribution in [3.05, 3.63) is 218 Å². The van der Waals surface area contributed by atoms with E-state index in [0.717, 1.165) is 25.7 Å². The highest BCUT2D eigenvalue weighted by Crippen LogP contribution is 2.60. The van der Waals surface area contributed by atoms with Crippen LogP contribution in [0.1, 0.15) is 58.9 Å². The lowest BCUT2D eigenvalue weighted by atomic mass is 9.65. The smallest absolute Gasteiger partial charge is 0.0517 e. The molecule has 0 N–H and O–H groups in total. The summed E-state index contributed by atoms with van der Waals surface area (Å²) in [7, 11) is 0. The molecule has 1 aliphatic heterocycles. The lowest BCUT2D eigenvalue weighted by Gasteiger charge is -2.47. The second-order valence-corrected chi connectivity index (χ2v) is 20.1. The average molecular weight is 886 g/mol. The Hall–Kier alpha value is -7.74. The molecule has 2 atom stereocenters. The van der Waals surface area contributed by atoms with Crippen LogP contribution in [0.25, 0.3) is 109 Å². The molecule has 0 bridgehead atoms. The van der Waals surface area contributed by atoms with E-state index in [1.54, 1.807) is 0 Å². The van der Waals surface area contributed by atoms with Crippen molar-refractivity contribution < 1.29 is 0 Å². The van der Waals surface area contributed by atoms with Gasteiger partial charge in [0.25, 0.3) is 0 Å². The van der Waals surface area contributed by atoms with Crippen LogP contribution < -0.4 is 4.90 Å². The molecule has 0 aromatic heterocycles. The summed E-state index contributed by atoms with van der Waals surface area (Å²) in [5.74, 6) is 0. The third kappa shape index (κ3) is 6.09. The van der Waals surface area contributed by atoms with E-state index in [4.69, 9.17) is 0 Å². The molecule has 0 fully saturated rings. The highest BCUT2D eigenvalue weighted by atomic mass is 15.2. The monoisotopic (exact) mass is 885 g/mol. The van der Waals surface area contributed by atoms with Crippen molar-refractivity contribution in [3.8, 4) is 44.5 Å². The van der Waals surface area contributed by atoms with Gasteiger partial charge in [-0.05, 0) is 171 Å². The number of fused-ring (bicyclic) bond motifs is 4. The zero-order valence-electron chi connectivity index (χ0n) is 40.0. The van der Waals surface area contributed by atoms with Gasteiger partial charge in [-0.3, -0.25) is 0 Å². The second kappa shape index (κ2) is 15.9. The van der Waals surface area contributed by atoms with Crippen LogP contribution in [0, 0.1) is 0 Å². The van der Waals surface area contributed by atoms with Gasteiger partial charge in [-0.1, -0.05) is 210 Å². The third-order valence-electron chi connectivity index (χ3n) is 16.5. The normalized spacial score (nSPS) is 17.0. The maximum atomic E-state index is 2.69. The second-order valence-electron chi connectivity index (χ2n) is 20.1. The van der Waals surface area contributed by atoms with Crippen molar-refractivity contribution in [2.75, 3.05) is 4.90 Å². The van der Waals surface area contributed by atoms with E-state index >= 15 is 0 Å². The maximum Gasteiger partial charge on any atom is 0.0517 e. The summed E-state index contributed by atoms with van der Waals surface area (Å²) < 4.78 is 0. The van der Waals surface area contributed by atoms with Crippen molar-refractivity contribution in [1.82, 2.24) is 0 Å². The molecule has 332 valence electrons. The third-order valence-corrected chi connectivity index (χ3v) is 16.5. The predicted molar refractivity (Wildman–Crippen MR) is 299 cm³/mol. The molecule has 2 unspecified atom stereocenters. The van der Waals surface area contributed by atoms with E-state index in [0.29, 0.717) is 0 Å². The molecule has 1 heteroatoms. The van der Waals surface area contributed by atoms with E-state index < -0.39 is 0 Å². The van der Waals surface area contributed by atoms with Crippen LogP contribution in [0.4, 0.5) is 11.4 Å². The molecule has 69 heavy (non-hydrogen) atoms. The van der Waals surface area contributed by atoms with Crippen LogP contribution in [-0.4, -0.2) is 5.54 Å². The van der Waals surface area contributed by atoms with Crippen LogP contribution in [-0.2, 0) is 5.41 Å². The summed E-state index contributed by atoms with van der Waals surface area (Å²) in [5.41, 5.74) is 14.0. The minimum Gasteiger partial charge on any atom is -0.334 e. The molecule has 1 nitrogen and oxygen atoms in total.